The largest absolute Gasteiger partial charge is 0.228 e. The van der Waals surface area contributed by atoms with Crippen LogP contribution in [0, 0.1) is 0 Å². The maximum absolute atomic E-state index is 11.9. The summed E-state index contributed by atoms with van der Waals surface area (Å²) in [6.45, 7) is 0. The maximum Gasteiger partial charge on any atom is 0.155 e. The van der Waals surface area contributed by atoms with E-state index < -0.39 is 9.84 Å². The summed E-state index contributed by atoms with van der Waals surface area (Å²) in [6.07, 6.45) is 0.558. The van der Waals surface area contributed by atoms with Gasteiger partial charge in [0.1, 0.15) is 0 Å². The number of benzene rings is 1. The lowest BCUT2D eigenvalue weighted by Crippen LogP contribution is -2.10. The van der Waals surface area contributed by atoms with Gasteiger partial charge in [-0.2, -0.15) is 0 Å². The normalized spacial score (nSPS) is 11.6. The first-order chi connectivity index (χ1) is 8.55. The van der Waals surface area contributed by atoms with Crippen molar-refractivity contribution < 1.29 is 8.42 Å². The van der Waals surface area contributed by atoms with E-state index >= 15 is 0 Å². The van der Waals surface area contributed by atoms with Crippen LogP contribution < -0.4 is 0 Å². The van der Waals surface area contributed by atoms with Crippen molar-refractivity contribution in [3.8, 4) is 0 Å². The van der Waals surface area contributed by atoms with E-state index in [0.717, 1.165) is 10.4 Å². The number of halogens is 1. The van der Waals surface area contributed by atoms with E-state index in [9.17, 15) is 8.42 Å². The molecule has 0 fully saturated rings. The Bertz CT molecular complexity index is 603. The molecule has 0 bridgehead atoms. The first-order valence-corrected chi connectivity index (χ1v) is 8.55. The fourth-order valence-corrected chi connectivity index (χ4v) is 4.51. The van der Waals surface area contributed by atoms with Crippen LogP contribution in [-0.4, -0.2) is 14.2 Å². The summed E-state index contributed by atoms with van der Waals surface area (Å²) in [5.41, 5.74) is 1.05. The van der Waals surface area contributed by atoms with Gasteiger partial charge in [0, 0.05) is 4.88 Å². The molecule has 0 N–H and O–H groups in total. The van der Waals surface area contributed by atoms with Gasteiger partial charge in [0.25, 0.3) is 0 Å². The van der Waals surface area contributed by atoms with E-state index in [4.69, 9.17) is 11.6 Å². The van der Waals surface area contributed by atoms with Crippen molar-refractivity contribution in [2.45, 2.75) is 12.2 Å². The fraction of sp³-hybridized carbons (Fsp3) is 0.231. The van der Waals surface area contributed by atoms with Crippen molar-refractivity contribution in [2.75, 3.05) is 5.75 Å². The minimum atomic E-state index is -3.07. The van der Waals surface area contributed by atoms with Crippen molar-refractivity contribution in [2.24, 2.45) is 0 Å². The summed E-state index contributed by atoms with van der Waals surface area (Å²) < 4.78 is 24.5. The number of sulfone groups is 1. The highest BCUT2D eigenvalue weighted by Crippen LogP contribution is 2.23. The van der Waals surface area contributed by atoms with Gasteiger partial charge < -0.3 is 0 Å². The summed E-state index contributed by atoms with van der Waals surface area (Å²) in [5, 5.41) is 0. The zero-order valence-electron chi connectivity index (χ0n) is 9.67. The predicted molar refractivity (Wildman–Crippen MR) is 77.0 cm³/mol. The molecule has 0 aliphatic carbocycles. The molecule has 1 heterocycles. The van der Waals surface area contributed by atoms with Crippen LogP contribution >= 0.6 is 22.9 Å². The third-order valence-corrected chi connectivity index (χ3v) is 5.53. The van der Waals surface area contributed by atoms with Gasteiger partial charge in [-0.25, -0.2) is 8.42 Å². The van der Waals surface area contributed by atoms with E-state index in [1.807, 2.05) is 30.3 Å². The number of thiophene rings is 1. The Kier molecular flexibility index (Phi) is 4.43. The van der Waals surface area contributed by atoms with Crippen LogP contribution in [0.1, 0.15) is 10.4 Å². The Morgan fingerprint density at radius 1 is 1.06 bits per heavy atom. The van der Waals surface area contributed by atoms with E-state index in [2.05, 4.69) is 0 Å². The van der Waals surface area contributed by atoms with Gasteiger partial charge in [-0.1, -0.05) is 41.9 Å². The second-order valence-corrected chi connectivity index (χ2v) is 8.02. The first kappa shape index (κ1) is 13.6. The molecule has 0 aliphatic rings. The second-order valence-electron chi connectivity index (χ2n) is 4.03. The lowest BCUT2D eigenvalue weighted by atomic mass is 10.2. The molecule has 1 aromatic carbocycles. The Hall–Kier alpha value is -0.840. The molecule has 96 valence electrons. The first-order valence-electron chi connectivity index (χ1n) is 5.54. The number of hydrogen-bond acceptors (Lipinski definition) is 3. The Morgan fingerprint density at radius 3 is 2.39 bits per heavy atom. The summed E-state index contributed by atoms with van der Waals surface area (Å²) in [7, 11) is -3.07. The van der Waals surface area contributed by atoms with Crippen molar-refractivity contribution in [3.05, 3.63) is 57.2 Å². The average Bonchev–Trinajstić information content (AvgIpc) is 2.73. The highest BCUT2D eigenvalue weighted by Gasteiger charge is 2.13. The van der Waals surface area contributed by atoms with Crippen molar-refractivity contribution in [1.29, 1.82) is 0 Å². The van der Waals surface area contributed by atoms with Gasteiger partial charge in [0.2, 0.25) is 0 Å². The van der Waals surface area contributed by atoms with Crippen LogP contribution in [0.25, 0.3) is 0 Å². The van der Waals surface area contributed by atoms with Gasteiger partial charge in [-0.05, 0) is 24.1 Å². The molecule has 2 nitrogen and oxygen atoms in total. The standard InChI is InChI=1S/C13H13ClO2S2/c14-13-7-6-12(17-13)10-18(15,16)9-8-11-4-2-1-3-5-11/h1-7H,8-10H2. The zero-order chi connectivity index (χ0) is 13.0. The highest BCUT2D eigenvalue weighted by molar-refractivity contribution is 7.90. The predicted octanol–water partition coefficient (Wildman–Crippen LogP) is 3.56. The molecule has 0 unspecified atom stereocenters. The second kappa shape index (κ2) is 5.87. The molecule has 0 radical (unpaired) electrons. The van der Waals surface area contributed by atoms with E-state index in [-0.39, 0.29) is 11.5 Å². The molecule has 0 atom stereocenters. The lowest BCUT2D eigenvalue weighted by Gasteiger charge is -2.03. The van der Waals surface area contributed by atoms with E-state index in [1.165, 1.54) is 11.3 Å². The summed E-state index contributed by atoms with van der Waals surface area (Å²) in [4.78, 5) is 0.799. The average molecular weight is 301 g/mol. The van der Waals surface area contributed by atoms with Crippen LogP contribution in [-0.2, 0) is 22.0 Å². The molecule has 2 rings (SSSR count). The van der Waals surface area contributed by atoms with Crippen molar-refractivity contribution in [1.82, 2.24) is 0 Å². The molecular weight excluding hydrogens is 288 g/mol. The quantitative estimate of drug-likeness (QED) is 0.846. The summed E-state index contributed by atoms with van der Waals surface area (Å²) >= 11 is 7.11. The Labute approximate surface area is 116 Å². The smallest absolute Gasteiger partial charge is 0.155 e. The topological polar surface area (TPSA) is 34.1 Å². The summed E-state index contributed by atoms with van der Waals surface area (Å²) in [6, 6.07) is 13.1. The third-order valence-electron chi connectivity index (χ3n) is 2.54. The minimum Gasteiger partial charge on any atom is -0.228 e. The van der Waals surface area contributed by atoms with Gasteiger partial charge in [0.05, 0.1) is 15.8 Å². The van der Waals surface area contributed by atoms with Gasteiger partial charge >= 0.3 is 0 Å². The van der Waals surface area contributed by atoms with Gasteiger partial charge in [0.15, 0.2) is 9.84 Å². The monoisotopic (exact) mass is 300 g/mol. The SMILES string of the molecule is O=S(=O)(CCc1ccccc1)Cc1ccc(Cl)s1. The molecule has 5 heteroatoms. The molecule has 1 aromatic heterocycles. The molecule has 0 amide bonds. The Balaban J connectivity index is 1.96. The van der Waals surface area contributed by atoms with Gasteiger partial charge in [-0.15, -0.1) is 11.3 Å². The fourth-order valence-electron chi connectivity index (χ4n) is 1.64. The molecule has 0 spiro atoms. The lowest BCUT2D eigenvalue weighted by molar-refractivity contribution is 0.595. The molecule has 18 heavy (non-hydrogen) atoms. The number of aryl methyl sites for hydroxylation is 1. The molecule has 0 saturated carbocycles. The van der Waals surface area contributed by atoms with E-state index in [0.29, 0.717) is 10.8 Å². The highest BCUT2D eigenvalue weighted by atomic mass is 35.5. The molecule has 0 saturated heterocycles. The summed E-state index contributed by atoms with van der Waals surface area (Å²) in [5.74, 6) is 0.254. The number of rotatable bonds is 5. The Morgan fingerprint density at radius 2 is 1.78 bits per heavy atom. The minimum absolute atomic E-state index is 0.0806. The van der Waals surface area contributed by atoms with Crippen LogP contribution in [0.2, 0.25) is 4.34 Å². The molecule has 2 aromatic rings. The van der Waals surface area contributed by atoms with Crippen LogP contribution in [0.5, 0.6) is 0 Å². The maximum atomic E-state index is 11.9. The zero-order valence-corrected chi connectivity index (χ0v) is 12.1. The molecular formula is C13H13ClO2S2. The van der Waals surface area contributed by atoms with Crippen molar-refractivity contribution >= 4 is 32.8 Å². The van der Waals surface area contributed by atoms with Crippen LogP contribution in [0.3, 0.4) is 0 Å². The van der Waals surface area contributed by atoms with Crippen molar-refractivity contribution in [3.63, 3.8) is 0 Å². The van der Waals surface area contributed by atoms with Crippen LogP contribution in [0.15, 0.2) is 42.5 Å². The number of hydrogen-bond donors (Lipinski definition) is 0. The molecule has 0 aliphatic heterocycles. The van der Waals surface area contributed by atoms with E-state index in [1.54, 1.807) is 12.1 Å². The third kappa shape index (κ3) is 4.12. The van der Waals surface area contributed by atoms with Gasteiger partial charge in [-0.3, -0.25) is 0 Å². The van der Waals surface area contributed by atoms with Crippen LogP contribution in [0.4, 0.5) is 0 Å².